The maximum absolute atomic E-state index is 12.2. The van der Waals surface area contributed by atoms with Crippen LogP contribution in [0.25, 0.3) is 16.6 Å². The molecule has 1 aromatic heterocycles. The molecule has 6 nitrogen and oxygen atoms in total. The Morgan fingerprint density at radius 3 is 2.85 bits per heavy atom. The minimum Gasteiger partial charge on any atom is -0.508 e. The molecule has 0 atom stereocenters. The van der Waals surface area contributed by atoms with Gasteiger partial charge in [-0.3, -0.25) is 4.79 Å². The zero-order valence-corrected chi connectivity index (χ0v) is 14.4. The Hall–Kier alpha value is -3.47. The molecule has 128 valence electrons. The third-order valence-corrected chi connectivity index (χ3v) is 4.38. The summed E-state index contributed by atoms with van der Waals surface area (Å²) >= 11 is 1.32. The van der Waals surface area contributed by atoms with Crippen molar-refractivity contribution in [1.82, 2.24) is 4.98 Å². The topological polar surface area (TPSA) is 103 Å². The maximum Gasteiger partial charge on any atom is 0.266 e. The number of benzene rings is 2. The minimum absolute atomic E-state index is 0.141. The molecule has 0 radical (unpaired) electrons. The summed E-state index contributed by atoms with van der Waals surface area (Å²) < 4.78 is 0. The average molecular weight is 362 g/mol. The summed E-state index contributed by atoms with van der Waals surface area (Å²) in [7, 11) is 0. The number of thiazole rings is 1. The van der Waals surface area contributed by atoms with E-state index in [9.17, 15) is 9.90 Å². The Morgan fingerprint density at radius 2 is 2.08 bits per heavy atom. The van der Waals surface area contributed by atoms with Gasteiger partial charge in [0.2, 0.25) is 0 Å². The number of amides is 1. The lowest BCUT2D eigenvalue weighted by Crippen LogP contribution is -2.36. The van der Waals surface area contributed by atoms with Gasteiger partial charge < -0.3 is 5.11 Å². The van der Waals surface area contributed by atoms with Gasteiger partial charge in [-0.05, 0) is 35.9 Å². The number of carbonyl (C=O) groups excluding carboxylic acids is 1. The van der Waals surface area contributed by atoms with Crippen LogP contribution in [0.15, 0.2) is 60.0 Å². The van der Waals surface area contributed by atoms with Crippen LogP contribution in [0, 0.1) is 11.3 Å². The third-order valence-electron chi connectivity index (χ3n) is 3.50. The molecule has 3 N–H and O–H groups in total. The number of nitriles is 1. The van der Waals surface area contributed by atoms with E-state index in [2.05, 4.69) is 4.98 Å². The second-order valence-electron chi connectivity index (χ2n) is 5.34. The van der Waals surface area contributed by atoms with Crippen molar-refractivity contribution in [3.05, 3.63) is 71.1 Å². The number of phenols is 1. The first-order valence-corrected chi connectivity index (χ1v) is 8.47. The van der Waals surface area contributed by atoms with Gasteiger partial charge in [-0.25, -0.2) is 15.8 Å². The van der Waals surface area contributed by atoms with Crippen LogP contribution in [-0.4, -0.2) is 16.0 Å². The van der Waals surface area contributed by atoms with Gasteiger partial charge in [0, 0.05) is 17.0 Å². The normalized spacial score (nSPS) is 10.6. The number of hydrogen-bond acceptors (Lipinski definition) is 6. The van der Waals surface area contributed by atoms with Crippen LogP contribution >= 0.6 is 11.3 Å². The maximum atomic E-state index is 12.2. The van der Waals surface area contributed by atoms with E-state index in [0.29, 0.717) is 16.4 Å². The highest BCUT2D eigenvalue weighted by atomic mass is 32.1. The van der Waals surface area contributed by atoms with Gasteiger partial charge in [0.05, 0.1) is 11.6 Å². The van der Waals surface area contributed by atoms with E-state index in [0.717, 1.165) is 16.1 Å². The number of nitrogens with zero attached hydrogens (tertiary/aromatic N) is 3. The predicted octanol–water partition coefficient (Wildman–Crippen LogP) is 3.31. The Labute approximate surface area is 154 Å². The van der Waals surface area contributed by atoms with E-state index in [4.69, 9.17) is 11.1 Å². The molecule has 0 fully saturated rings. The van der Waals surface area contributed by atoms with Crippen LogP contribution in [-0.2, 0) is 4.79 Å². The summed E-state index contributed by atoms with van der Waals surface area (Å²) in [5.74, 6) is 5.87. The summed E-state index contributed by atoms with van der Waals surface area (Å²) in [6, 6.07) is 15.6. The summed E-state index contributed by atoms with van der Waals surface area (Å²) in [6.45, 7) is 0. The molecule has 0 bridgehead atoms. The van der Waals surface area contributed by atoms with Crippen molar-refractivity contribution in [3.8, 4) is 22.4 Å². The van der Waals surface area contributed by atoms with Gasteiger partial charge in [0.1, 0.15) is 10.8 Å². The highest BCUT2D eigenvalue weighted by molar-refractivity contribution is 7.13. The molecule has 26 heavy (non-hydrogen) atoms. The van der Waals surface area contributed by atoms with Crippen molar-refractivity contribution in [2.75, 3.05) is 5.01 Å². The number of carbonyl (C=O) groups is 1. The molecule has 3 aromatic rings. The molecule has 0 aliphatic heterocycles. The molecule has 3 rings (SSSR count). The molecule has 0 unspecified atom stereocenters. The molecule has 2 aromatic carbocycles. The number of nitrogens with two attached hydrogens (primary N) is 1. The molecule has 0 saturated heterocycles. The fraction of sp³-hybridized carbons (Fsp3) is 0. The SMILES string of the molecule is N#Cc1cccc(C=CC(=O)N(N)c2csc(-c3cccc(O)c3)n2)c1. The van der Waals surface area contributed by atoms with E-state index in [1.54, 1.807) is 53.9 Å². The van der Waals surface area contributed by atoms with Gasteiger partial charge in [-0.15, -0.1) is 11.3 Å². The van der Waals surface area contributed by atoms with E-state index in [1.165, 1.54) is 17.4 Å². The van der Waals surface area contributed by atoms with Crippen LogP contribution in [0.4, 0.5) is 5.82 Å². The van der Waals surface area contributed by atoms with Crippen molar-refractivity contribution >= 4 is 29.1 Å². The largest absolute Gasteiger partial charge is 0.508 e. The molecule has 0 aliphatic rings. The number of aromatic hydroxyl groups is 1. The Morgan fingerprint density at radius 1 is 1.27 bits per heavy atom. The monoisotopic (exact) mass is 362 g/mol. The first kappa shape index (κ1) is 17.4. The van der Waals surface area contributed by atoms with Gasteiger partial charge in [-0.2, -0.15) is 5.26 Å². The van der Waals surface area contributed by atoms with Crippen LogP contribution in [0.5, 0.6) is 5.75 Å². The minimum atomic E-state index is -0.444. The first-order chi connectivity index (χ1) is 12.6. The second kappa shape index (κ2) is 7.61. The van der Waals surface area contributed by atoms with Crippen LogP contribution in [0.1, 0.15) is 11.1 Å². The Bertz CT molecular complexity index is 1020. The highest BCUT2D eigenvalue weighted by Crippen LogP contribution is 2.29. The predicted molar refractivity (Wildman–Crippen MR) is 101 cm³/mol. The zero-order chi connectivity index (χ0) is 18.5. The summed E-state index contributed by atoms with van der Waals surface area (Å²) in [5.41, 5.74) is 1.98. The smallest absolute Gasteiger partial charge is 0.266 e. The van der Waals surface area contributed by atoms with Crippen LogP contribution < -0.4 is 10.9 Å². The lowest BCUT2D eigenvalue weighted by molar-refractivity contribution is -0.114. The van der Waals surface area contributed by atoms with E-state index < -0.39 is 5.91 Å². The van der Waals surface area contributed by atoms with Crippen LogP contribution in [0.2, 0.25) is 0 Å². The number of rotatable bonds is 4. The highest BCUT2D eigenvalue weighted by Gasteiger charge is 2.13. The number of hydrazine groups is 1. The molecular formula is C19H14N4O2S. The van der Waals surface area contributed by atoms with Gasteiger partial charge in [0.25, 0.3) is 5.91 Å². The number of hydrogen-bond donors (Lipinski definition) is 2. The average Bonchev–Trinajstić information content (AvgIpc) is 3.16. The van der Waals surface area contributed by atoms with E-state index in [1.807, 2.05) is 12.1 Å². The fourth-order valence-corrected chi connectivity index (χ4v) is 3.01. The van der Waals surface area contributed by atoms with Gasteiger partial charge in [0.15, 0.2) is 5.82 Å². The van der Waals surface area contributed by atoms with Crippen molar-refractivity contribution in [2.45, 2.75) is 0 Å². The van der Waals surface area contributed by atoms with Crippen LogP contribution in [0.3, 0.4) is 0 Å². The molecule has 1 amide bonds. The van der Waals surface area contributed by atoms with Crippen molar-refractivity contribution < 1.29 is 9.90 Å². The molecule has 0 aliphatic carbocycles. The number of aromatic nitrogens is 1. The molecule has 0 spiro atoms. The van der Waals surface area contributed by atoms with Gasteiger partial charge >= 0.3 is 0 Å². The Kier molecular flexibility index (Phi) is 5.08. The second-order valence-corrected chi connectivity index (χ2v) is 6.20. The lowest BCUT2D eigenvalue weighted by Gasteiger charge is -2.10. The lowest BCUT2D eigenvalue weighted by atomic mass is 10.1. The van der Waals surface area contributed by atoms with Gasteiger partial charge in [-0.1, -0.05) is 24.3 Å². The molecular weight excluding hydrogens is 348 g/mol. The zero-order valence-electron chi connectivity index (χ0n) is 13.5. The Balaban J connectivity index is 1.74. The fourth-order valence-electron chi connectivity index (χ4n) is 2.22. The number of phenolic OH excluding ortho intramolecular Hbond substituents is 1. The van der Waals surface area contributed by atoms with Crippen molar-refractivity contribution in [3.63, 3.8) is 0 Å². The van der Waals surface area contributed by atoms with E-state index in [-0.39, 0.29) is 5.75 Å². The van der Waals surface area contributed by atoms with Crippen molar-refractivity contribution in [1.29, 1.82) is 5.26 Å². The van der Waals surface area contributed by atoms with Crippen molar-refractivity contribution in [2.24, 2.45) is 5.84 Å². The standard InChI is InChI=1S/C19H14N4O2S/c20-11-14-4-1-3-13(9-14)7-8-18(25)23(21)17-12-26-19(22-17)15-5-2-6-16(24)10-15/h1-10,12,24H,21H2. The van der Waals surface area contributed by atoms with E-state index >= 15 is 0 Å². The molecule has 1 heterocycles. The summed E-state index contributed by atoms with van der Waals surface area (Å²) in [5, 5.41) is 21.7. The quantitative estimate of drug-likeness (QED) is 0.321. The first-order valence-electron chi connectivity index (χ1n) is 7.59. The third kappa shape index (κ3) is 3.95. The number of anilines is 1. The molecule has 7 heteroatoms. The summed E-state index contributed by atoms with van der Waals surface area (Å²) in [6.07, 6.45) is 2.91. The summed E-state index contributed by atoms with van der Waals surface area (Å²) in [4.78, 5) is 16.6. The molecule has 0 saturated carbocycles.